The Balaban J connectivity index is 1.57. The van der Waals surface area contributed by atoms with Crippen LogP contribution in [0.15, 0.2) is 48.8 Å². The van der Waals surface area contributed by atoms with Gasteiger partial charge in [0.2, 0.25) is 5.95 Å². The fourth-order valence-corrected chi connectivity index (χ4v) is 5.03. The van der Waals surface area contributed by atoms with Crippen LogP contribution < -0.4 is 9.80 Å². The van der Waals surface area contributed by atoms with Crippen molar-refractivity contribution in [2.75, 3.05) is 42.6 Å². The molecule has 212 valence electrons. The molecule has 1 saturated heterocycles. The first kappa shape index (κ1) is 28.9. The van der Waals surface area contributed by atoms with Gasteiger partial charge in [0.1, 0.15) is 12.5 Å². The van der Waals surface area contributed by atoms with Crippen LogP contribution in [-0.4, -0.2) is 55.4 Å². The van der Waals surface area contributed by atoms with Crippen molar-refractivity contribution in [3.05, 3.63) is 59.9 Å². The molecule has 1 aromatic carbocycles. The lowest BCUT2D eigenvalue weighted by atomic mass is 10.1. The number of hydrogen-bond donors (Lipinski definition) is 0. The zero-order valence-electron chi connectivity index (χ0n) is 22.0. The van der Waals surface area contributed by atoms with Gasteiger partial charge in [-0.05, 0) is 30.3 Å². The van der Waals surface area contributed by atoms with Crippen LogP contribution in [0.4, 0.5) is 38.1 Å². The zero-order chi connectivity index (χ0) is 28.4. The highest BCUT2D eigenvalue weighted by molar-refractivity contribution is 6.76. The van der Waals surface area contributed by atoms with Crippen LogP contribution in [0, 0.1) is 0 Å². The van der Waals surface area contributed by atoms with Crippen LogP contribution in [0.2, 0.25) is 25.7 Å². The molecule has 0 radical (unpaired) electrons. The molecule has 4 rings (SSSR count). The number of imidazole rings is 1. The second kappa shape index (κ2) is 11.2. The van der Waals surface area contributed by atoms with E-state index in [1.54, 1.807) is 21.7 Å². The first-order valence-corrected chi connectivity index (χ1v) is 16.3. The highest BCUT2D eigenvalue weighted by atomic mass is 28.3. The van der Waals surface area contributed by atoms with E-state index in [1.165, 1.54) is 18.3 Å². The number of ether oxygens (including phenoxy) is 1. The summed E-state index contributed by atoms with van der Waals surface area (Å²) in [4.78, 5) is 12.1. The molecule has 2 aromatic heterocycles. The van der Waals surface area contributed by atoms with Gasteiger partial charge in [0.05, 0.1) is 16.8 Å². The molecular weight excluding hydrogens is 540 g/mol. The van der Waals surface area contributed by atoms with Gasteiger partial charge in [-0.1, -0.05) is 31.8 Å². The van der Waals surface area contributed by atoms with Crippen molar-refractivity contribution >= 4 is 19.8 Å². The molecule has 13 heteroatoms. The maximum absolute atomic E-state index is 13.5. The Labute approximate surface area is 224 Å². The van der Waals surface area contributed by atoms with Crippen LogP contribution >= 0.6 is 0 Å². The monoisotopic (exact) mass is 571 g/mol. The summed E-state index contributed by atoms with van der Waals surface area (Å²) in [6.07, 6.45) is -6.02. The maximum Gasteiger partial charge on any atom is 0.419 e. The van der Waals surface area contributed by atoms with E-state index < -0.39 is 31.6 Å². The van der Waals surface area contributed by atoms with Gasteiger partial charge in [-0.3, -0.25) is 4.57 Å². The van der Waals surface area contributed by atoms with Gasteiger partial charge >= 0.3 is 12.4 Å². The van der Waals surface area contributed by atoms with Gasteiger partial charge in [0.15, 0.2) is 0 Å². The summed E-state index contributed by atoms with van der Waals surface area (Å²) in [7, 11) is -1.33. The predicted molar refractivity (Wildman–Crippen MR) is 140 cm³/mol. The lowest BCUT2D eigenvalue weighted by Gasteiger charge is -2.36. The molecule has 6 nitrogen and oxygen atoms in total. The second-order valence-electron chi connectivity index (χ2n) is 10.7. The molecule has 0 aliphatic carbocycles. The fourth-order valence-electron chi connectivity index (χ4n) is 4.28. The number of nitrogens with zero attached hydrogens (tertiary/aromatic N) is 5. The Morgan fingerprint density at radius 1 is 0.897 bits per heavy atom. The van der Waals surface area contributed by atoms with E-state index in [2.05, 4.69) is 29.6 Å². The quantitative estimate of drug-likeness (QED) is 0.173. The number of piperazine rings is 1. The van der Waals surface area contributed by atoms with Crippen LogP contribution in [0.1, 0.15) is 11.1 Å². The lowest BCUT2D eigenvalue weighted by Crippen LogP contribution is -2.48. The fraction of sp³-hybridized carbons (Fsp3) is 0.462. The summed E-state index contributed by atoms with van der Waals surface area (Å²) in [5.74, 6) is 0.374. The molecule has 0 atom stereocenters. The third-order valence-electron chi connectivity index (χ3n) is 6.42. The van der Waals surface area contributed by atoms with Crippen molar-refractivity contribution in [2.45, 2.75) is 44.8 Å². The Morgan fingerprint density at radius 3 is 2.23 bits per heavy atom. The van der Waals surface area contributed by atoms with E-state index in [-0.39, 0.29) is 25.6 Å². The Morgan fingerprint density at radius 2 is 1.59 bits per heavy atom. The van der Waals surface area contributed by atoms with Crippen molar-refractivity contribution in [3.63, 3.8) is 0 Å². The molecule has 0 bridgehead atoms. The minimum Gasteiger partial charge on any atom is -0.361 e. The third-order valence-corrected chi connectivity index (χ3v) is 8.13. The van der Waals surface area contributed by atoms with E-state index in [0.29, 0.717) is 36.9 Å². The normalized spacial score (nSPS) is 15.2. The van der Waals surface area contributed by atoms with Crippen molar-refractivity contribution in [2.24, 2.45) is 0 Å². The van der Waals surface area contributed by atoms with Crippen LogP contribution in [0.25, 0.3) is 11.3 Å². The molecule has 3 heterocycles. The molecule has 1 aliphatic rings. The highest BCUT2D eigenvalue weighted by Gasteiger charge is 2.36. The van der Waals surface area contributed by atoms with Crippen molar-refractivity contribution in [1.29, 1.82) is 0 Å². The standard InChI is InChI=1S/C26H31F6N5OSi/c1-39(2,3)15-14-38-18-37-17-22(19-6-4-7-20(16-19)25(27,28)29)34-24(37)36-12-10-35(11-13-36)23-21(26(30,31)32)8-5-9-33-23/h4-9,16-17H,10-15,18H2,1-3H3. The first-order chi connectivity index (χ1) is 18.2. The predicted octanol–water partition coefficient (Wildman–Crippen LogP) is 6.62. The van der Waals surface area contributed by atoms with Crippen LogP contribution in [0.3, 0.4) is 0 Å². The molecule has 1 fully saturated rings. The average molecular weight is 572 g/mol. The zero-order valence-corrected chi connectivity index (χ0v) is 23.0. The van der Waals surface area contributed by atoms with Gasteiger partial charge < -0.3 is 14.5 Å². The van der Waals surface area contributed by atoms with Gasteiger partial charge in [-0.2, -0.15) is 26.3 Å². The highest BCUT2D eigenvalue weighted by Crippen LogP contribution is 2.36. The van der Waals surface area contributed by atoms with Crippen LogP contribution in [0.5, 0.6) is 0 Å². The first-order valence-electron chi connectivity index (χ1n) is 12.6. The number of rotatable bonds is 8. The number of alkyl halides is 6. The number of aromatic nitrogens is 3. The number of hydrogen-bond acceptors (Lipinski definition) is 5. The average Bonchev–Trinajstić information content (AvgIpc) is 3.29. The molecule has 0 spiro atoms. The Hall–Kier alpha value is -3.06. The molecule has 0 saturated carbocycles. The molecule has 1 aliphatic heterocycles. The Kier molecular flexibility index (Phi) is 8.31. The molecule has 39 heavy (non-hydrogen) atoms. The SMILES string of the molecule is C[Si](C)(C)CCOCn1cc(-c2cccc(C(F)(F)F)c2)nc1N1CCN(c2ncccc2C(F)(F)F)CC1. The van der Waals surface area contributed by atoms with Gasteiger partial charge in [-0.15, -0.1) is 0 Å². The van der Waals surface area contributed by atoms with Crippen molar-refractivity contribution < 1.29 is 31.1 Å². The summed E-state index contributed by atoms with van der Waals surface area (Å²) < 4.78 is 88.1. The van der Waals surface area contributed by atoms with Gasteiger partial charge in [0, 0.05) is 58.8 Å². The molecule has 0 N–H and O–H groups in total. The minimum absolute atomic E-state index is 0.118. The topological polar surface area (TPSA) is 46.4 Å². The smallest absolute Gasteiger partial charge is 0.361 e. The second-order valence-corrected chi connectivity index (χ2v) is 16.3. The number of pyridine rings is 1. The Bertz CT molecular complexity index is 1260. The summed E-state index contributed by atoms with van der Waals surface area (Å²) in [5.41, 5.74) is -0.889. The van der Waals surface area contributed by atoms with E-state index >= 15 is 0 Å². The lowest BCUT2D eigenvalue weighted by molar-refractivity contribution is -0.138. The van der Waals surface area contributed by atoms with E-state index in [9.17, 15) is 26.3 Å². The number of anilines is 2. The van der Waals surface area contributed by atoms with E-state index in [0.717, 1.165) is 24.2 Å². The van der Waals surface area contributed by atoms with Crippen LogP contribution in [-0.2, 0) is 23.8 Å². The summed E-state index contributed by atoms with van der Waals surface area (Å²) in [5, 5.41) is 0. The number of halogens is 6. The van der Waals surface area contributed by atoms with Crippen molar-refractivity contribution in [1.82, 2.24) is 14.5 Å². The summed E-state index contributed by atoms with van der Waals surface area (Å²) in [6.45, 7) is 8.63. The van der Waals surface area contributed by atoms with E-state index in [1.807, 2.05) is 4.90 Å². The minimum atomic E-state index is -4.52. The van der Waals surface area contributed by atoms with Gasteiger partial charge in [-0.25, -0.2) is 9.97 Å². The van der Waals surface area contributed by atoms with Gasteiger partial charge in [0.25, 0.3) is 0 Å². The third kappa shape index (κ3) is 7.32. The molecule has 3 aromatic rings. The summed E-state index contributed by atoms with van der Waals surface area (Å²) >= 11 is 0. The maximum atomic E-state index is 13.5. The molecule has 0 amide bonds. The largest absolute Gasteiger partial charge is 0.419 e. The van der Waals surface area contributed by atoms with Crippen molar-refractivity contribution in [3.8, 4) is 11.3 Å². The number of benzene rings is 1. The molecular formula is C26H31F6N5OSi. The molecule has 0 unspecified atom stereocenters. The van der Waals surface area contributed by atoms with E-state index in [4.69, 9.17) is 4.74 Å². The summed E-state index contributed by atoms with van der Waals surface area (Å²) in [6, 6.07) is 8.19.